The Morgan fingerprint density at radius 2 is 1.71 bits per heavy atom. The van der Waals surface area contributed by atoms with E-state index in [1.54, 1.807) is 23.8 Å². The lowest BCUT2D eigenvalue weighted by Crippen LogP contribution is -2.26. The van der Waals surface area contributed by atoms with Crippen molar-refractivity contribution in [3.63, 3.8) is 0 Å². The van der Waals surface area contributed by atoms with E-state index >= 15 is 0 Å². The van der Waals surface area contributed by atoms with Gasteiger partial charge in [0.05, 0.1) is 7.11 Å². The highest BCUT2D eigenvalue weighted by atomic mass is 32.2. The molecule has 0 heterocycles. The highest BCUT2D eigenvalue weighted by molar-refractivity contribution is 7.98. The van der Waals surface area contributed by atoms with Gasteiger partial charge < -0.3 is 9.64 Å². The van der Waals surface area contributed by atoms with Crippen LogP contribution in [-0.4, -0.2) is 25.0 Å². The summed E-state index contributed by atoms with van der Waals surface area (Å²) in [6.07, 6.45) is 0. The first-order valence-electron chi connectivity index (χ1n) is 9.22. The summed E-state index contributed by atoms with van der Waals surface area (Å²) in [4.78, 5) is 15.8. The summed E-state index contributed by atoms with van der Waals surface area (Å²) in [6.45, 7) is 2.66. The van der Waals surface area contributed by atoms with Crippen LogP contribution in [0.5, 0.6) is 5.75 Å². The number of rotatable bonds is 7. The van der Waals surface area contributed by atoms with Gasteiger partial charge in [-0.1, -0.05) is 48.0 Å². The summed E-state index contributed by atoms with van der Waals surface area (Å²) in [7, 11) is 3.50. The quantitative estimate of drug-likeness (QED) is 0.493. The van der Waals surface area contributed by atoms with Crippen molar-refractivity contribution in [3.05, 3.63) is 95.1 Å². The number of hydrogen-bond acceptors (Lipinski definition) is 3. The van der Waals surface area contributed by atoms with Gasteiger partial charge in [0, 0.05) is 35.4 Å². The number of methoxy groups -OCH3 is 1. The van der Waals surface area contributed by atoms with E-state index in [9.17, 15) is 4.79 Å². The minimum Gasteiger partial charge on any atom is -0.496 e. The van der Waals surface area contributed by atoms with Gasteiger partial charge in [-0.25, -0.2) is 0 Å². The molecule has 0 radical (unpaired) electrons. The minimum atomic E-state index is 0.00749. The molecule has 0 saturated heterocycles. The maximum absolute atomic E-state index is 12.9. The van der Waals surface area contributed by atoms with Gasteiger partial charge in [-0.2, -0.15) is 0 Å². The predicted molar refractivity (Wildman–Crippen MR) is 116 cm³/mol. The summed E-state index contributed by atoms with van der Waals surface area (Å²) >= 11 is 1.74. The second-order valence-electron chi connectivity index (χ2n) is 6.78. The number of benzene rings is 3. The van der Waals surface area contributed by atoms with Crippen molar-refractivity contribution >= 4 is 17.7 Å². The van der Waals surface area contributed by atoms with Gasteiger partial charge in [0.2, 0.25) is 0 Å². The first-order valence-corrected chi connectivity index (χ1v) is 10.2. The van der Waals surface area contributed by atoms with E-state index in [4.69, 9.17) is 4.74 Å². The molecule has 0 bridgehead atoms. The molecule has 0 aliphatic carbocycles. The lowest BCUT2D eigenvalue weighted by molar-refractivity contribution is 0.0785. The average molecular weight is 392 g/mol. The Morgan fingerprint density at radius 1 is 1.00 bits per heavy atom. The summed E-state index contributed by atoms with van der Waals surface area (Å²) in [5.41, 5.74) is 4.06. The molecule has 0 atom stereocenters. The predicted octanol–water partition coefficient (Wildman–Crippen LogP) is 5.57. The Hall–Kier alpha value is -2.72. The maximum atomic E-state index is 12.9. The fraction of sp³-hybridized carbons (Fsp3) is 0.208. The second kappa shape index (κ2) is 9.47. The van der Waals surface area contributed by atoms with Gasteiger partial charge in [-0.15, -0.1) is 11.8 Å². The number of aryl methyl sites for hydroxylation is 1. The summed E-state index contributed by atoms with van der Waals surface area (Å²) in [6, 6.07) is 24.1. The summed E-state index contributed by atoms with van der Waals surface area (Å²) < 4.78 is 5.51. The zero-order valence-corrected chi connectivity index (χ0v) is 17.3. The molecule has 3 nitrogen and oxygen atoms in total. The van der Waals surface area contributed by atoms with E-state index < -0.39 is 0 Å². The topological polar surface area (TPSA) is 29.5 Å². The van der Waals surface area contributed by atoms with Crippen LogP contribution in [0, 0.1) is 6.92 Å². The molecule has 0 spiro atoms. The Bertz CT molecular complexity index is 923. The number of carbonyl (C=O) groups is 1. The monoisotopic (exact) mass is 391 g/mol. The molecule has 1 amide bonds. The molecule has 3 rings (SSSR count). The van der Waals surface area contributed by atoms with Crippen LogP contribution in [0.15, 0.2) is 77.7 Å². The van der Waals surface area contributed by atoms with Crippen molar-refractivity contribution in [2.24, 2.45) is 0 Å². The van der Waals surface area contributed by atoms with Crippen LogP contribution in [0.1, 0.15) is 27.0 Å². The smallest absolute Gasteiger partial charge is 0.253 e. The van der Waals surface area contributed by atoms with Crippen LogP contribution in [-0.2, 0) is 12.3 Å². The van der Waals surface area contributed by atoms with Gasteiger partial charge in [-0.05, 0) is 42.8 Å². The van der Waals surface area contributed by atoms with Crippen LogP contribution in [0.25, 0.3) is 0 Å². The molecule has 4 heteroatoms. The van der Waals surface area contributed by atoms with Gasteiger partial charge in [0.25, 0.3) is 5.91 Å². The maximum Gasteiger partial charge on any atom is 0.253 e. The van der Waals surface area contributed by atoms with Crippen LogP contribution < -0.4 is 4.74 Å². The van der Waals surface area contributed by atoms with E-state index in [1.807, 2.05) is 55.6 Å². The number of ether oxygens (including phenoxy) is 1. The molecule has 0 unspecified atom stereocenters. The molecule has 3 aromatic carbocycles. The molecular weight excluding hydrogens is 366 g/mol. The van der Waals surface area contributed by atoms with Crippen LogP contribution >= 0.6 is 11.8 Å². The van der Waals surface area contributed by atoms with Crippen LogP contribution in [0.4, 0.5) is 0 Å². The van der Waals surface area contributed by atoms with Crippen molar-refractivity contribution in [2.75, 3.05) is 14.2 Å². The van der Waals surface area contributed by atoms with Crippen LogP contribution in [0.3, 0.4) is 0 Å². The van der Waals surface area contributed by atoms with Gasteiger partial charge in [0.1, 0.15) is 5.75 Å². The number of carbonyl (C=O) groups excluding carboxylic acids is 1. The Balaban J connectivity index is 1.73. The van der Waals surface area contributed by atoms with Gasteiger partial charge in [-0.3, -0.25) is 4.79 Å². The van der Waals surface area contributed by atoms with E-state index in [0.717, 1.165) is 22.6 Å². The van der Waals surface area contributed by atoms with E-state index in [1.165, 1.54) is 10.5 Å². The average Bonchev–Trinajstić information content (AvgIpc) is 2.73. The first-order chi connectivity index (χ1) is 13.6. The highest BCUT2D eigenvalue weighted by Gasteiger charge is 2.15. The zero-order chi connectivity index (χ0) is 19.9. The molecule has 0 aliphatic rings. The van der Waals surface area contributed by atoms with Gasteiger partial charge in [0.15, 0.2) is 0 Å². The number of nitrogens with zero attached hydrogens (tertiary/aromatic N) is 1. The van der Waals surface area contributed by atoms with Gasteiger partial charge >= 0.3 is 0 Å². The summed E-state index contributed by atoms with van der Waals surface area (Å²) in [5, 5.41) is 0. The molecule has 0 fully saturated rings. The molecule has 0 aromatic heterocycles. The lowest BCUT2D eigenvalue weighted by Gasteiger charge is -2.18. The number of amides is 1. The largest absolute Gasteiger partial charge is 0.496 e. The molecule has 144 valence electrons. The number of thioether (sulfide) groups is 1. The molecule has 28 heavy (non-hydrogen) atoms. The SMILES string of the molecule is COc1ccc(C(=O)N(C)Cc2ccccc2)cc1CSc1ccc(C)cc1. The fourth-order valence-electron chi connectivity index (χ4n) is 2.97. The standard InChI is InChI=1S/C24H25NO2S/c1-18-9-12-22(13-10-18)28-17-21-15-20(11-14-23(21)27-3)24(26)25(2)16-19-7-5-4-6-8-19/h4-15H,16-17H2,1-3H3. The Labute approximate surface area is 171 Å². The minimum absolute atomic E-state index is 0.00749. The molecule has 0 aliphatic heterocycles. The molecular formula is C24H25NO2S. The van der Waals surface area contributed by atoms with E-state index in [-0.39, 0.29) is 5.91 Å². The van der Waals surface area contributed by atoms with Crippen LogP contribution in [0.2, 0.25) is 0 Å². The van der Waals surface area contributed by atoms with Crippen molar-refractivity contribution in [1.82, 2.24) is 4.90 Å². The molecule has 3 aromatic rings. The van der Waals surface area contributed by atoms with Crippen molar-refractivity contribution < 1.29 is 9.53 Å². The third kappa shape index (κ3) is 5.17. The molecule has 0 saturated carbocycles. The highest BCUT2D eigenvalue weighted by Crippen LogP contribution is 2.29. The van der Waals surface area contributed by atoms with Crippen molar-refractivity contribution in [3.8, 4) is 5.75 Å². The van der Waals surface area contributed by atoms with Crippen molar-refractivity contribution in [1.29, 1.82) is 0 Å². The fourth-order valence-corrected chi connectivity index (χ4v) is 3.85. The second-order valence-corrected chi connectivity index (χ2v) is 7.82. The third-order valence-electron chi connectivity index (χ3n) is 4.55. The first kappa shape index (κ1) is 20.0. The Kier molecular flexibility index (Phi) is 6.77. The normalized spacial score (nSPS) is 10.5. The van der Waals surface area contributed by atoms with Crippen molar-refractivity contribution in [2.45, 2.75) is 24.1 Å². The zero-order valence-electron chi connectivity index (χ0n) is 16.5. The molecule has 0 N–H and O–H groups in total. The Morgan fingerprint density at radius 3 is 2.39 bits per heavy atom. The number of hydrogen-bond donors (Lipinski definition) is 0. The lowest BCUT2D eigenvalue weighted by atomic mass is 10.1. The van der Waals surface area contributed by atoms with E-state index in [0.29, 0.717) is 12.1 Å². The third-order valence-corrected chi connectivity index (χ3v) is 5.61. The summed E-state index contributed by atoms with van der Waals surface area (Å²) in [5.74, 6) is 1.56. The van der Waals surface area contributed by atoms with E-state index in [2.05, 4.69) is 31.2 Å².